The van der Waals surface area contributed by atoms with Crippen molar-refractivity contribution >= 4 is 23.2 Å². The summed E-state index contributed by atoms with van der Waals surface area (Å²) < 4.78 is 13.3. The van der Waals surface area contributed by atoms with Crippen molar-refractivity contribution in [3.8, 4) is 0 Å². The van der Waals surface area contributed by atoms with Crippen LogP contribution in [0.5, 0.6) is 0 Å². The summed E-state index contributed by atoms with van der Waals surface area (Å²) in [5, 5.41) is 0.252. The van der Waals surface area contributed by atoms with Gasteiger partial charge >= 0.3 is 0 Å². The van der Waals surface area contributed by atoms with Crippen LogP contribution in [0.2, 0.25) is 5.02 Å². The predicted molar refractivity (Wildman–Crippen MR) is 68.8 cm³/mol. The summed E-state index contributed by atoms with van der Waals surface area (Å²) in [6, 6.07) is 4.96. The maximum atomic E-state index is 13.3. The molecule has 1 rings (SSSR count). The Labute approximate surface area is 107 Å². The van der Waals surface area contributed by atoms with Crippen molar-refractivity contribution in [1.29, 1.82) is 0 Å². The fourth-order valence-corrected chi connectivity index (χ4v) is 2.36. The van der Waals surface area contributed by atoms with Crippen molar-refractivity contribution in [2.75, 3.05) is 0 Å². The van der Waals surface area contributed by atoms with Crippen molar-refractivity contribution in [3.63, 3.8) is 0 Å². The summed E-state index contributed by atoms with van der Waals surface area (Å²) in [6.45, 7) is 6.25. The number of alkyl halides is 1. The van der Waals surface area contributed by atoms with E-state index in [0.717, 1.165) is 12.0 Å². The summed E-state index contributed by atoms with van der Waals surface area (Å²) in [4.78, 5) is 0. The van der Waals surface area contributed by atoms with E-state index in [1.807, 2.05) is 13.0 Å². The molecule has 0 radical (unpaired) electrons. The Morgan fingerprint density at radius 2 is 1.88 bits per heavy atom. The molecule has 0 fully saturated rings. The Morgan fingerprint density at radius 1 is 1.25 bits per heavy atom. The molecule has 0 nitrogen and oxygen atoms in total. The third-order valence-corrected chi connectivity index (χ3v) is 3.53. The van der Waals surface area contributed by atoms with Crippen LogP contribution in [0.25, 0.3) is 0 Å². The Hall–Kier alpha value is -0.270. The van der Waals surface area contributed by atoms with E-state index < -0.39 is 0 Å². The molecule has 0 aromatic heterocycles. The molecule has 0 amide bonds. The summed E-state index contributed by atoms with van der Waals surface area (Å²) in [6.07, 6.45) is 0.788. The van der Waals surface area contributed by atoms with Gasteiger partial charge in [0.05, 0.1) is 5.02 Å². The molecule has 0 aliphatic carbocycles. The van der Waals surface area contributed by atoms with Crippen LogP contribution < -0.4 is 0 Å². The summed E-state index contributed by atoms with van der Waals surface area (Å²) in [5.41, 5.74) is 0.952. The topological polar surface area (TPSA) is 0 Å². The van der Waals surface area contributed by atoms with Crippen LogP contribution in [-0.2, 0) is 6.42 Å². The van der Waals surface area contributed by atoms with Crippen LogP contribution in [0.3, 0.4) is 0 Å². The fraction of sp³-hybridized carbons (Fsp3) is 0.538. The Kier molecular flexibility index (Phi) is 5.07. The van der Waals surface area contributed by atoms with Crippen LogP contribution in [0.15, 0.2) is 18.2 Å². The van der Waals surface area contributed by atoms with Crippen LogP contribution in [0.1, 0.15) is 26.3 Å². The van der Waals surface area contributed by atoms with Gasteiger partial charge in [0.25, 0.3) is 0 Å². The highest BCUT2D eigenvalue weighted by Crippen LogP contribution is 2.25. The van der Waals surface area contributed by atoms with Gasteiger partial charge in [-0.1, -0.05) is 31.5 Å². The molecule has 16 heavy (non-hydrogen) atoms. The van der Waals surface area contributed by atoms with Crippen molar-refractivity contribution < 1.29 is 4.39 Å². The maximum absolute atomic E-state index is 13.3. The van der Waals surface area contributed by atoms with Gasteiger partial charge in [0.1, 0.15) is 5.82 Å². The molecule has 2 unspecified atom stereocenters. The molecule has 0 heterocycles. The lowest BCUT2D eigenvalue weighted by Gasteiger charge is -2.23. The van der Waals surface area contributed by atoms with E-state index in [1.165, 1.54) is 6.07 Å². The summed E-state index contributed by atoms with van der Waals surface area (Å²) in [7, 11) is 0. The fourth-order valence-electron chi connectivity index (χ4n) is 1.87. The highest BCUT2D eigenvalue weighted by Gasteiger charge is 2.19. The lowest BCUT2D eigenvalue weighted by Crippen LogP contribution is -2.20. The Morgan fingerprint density at radius 3 is 2.31 bits per heavy atom. The number of halogens is 3. The predicted octanol–water partition coefficient (Wildman–Crippen LogP) is 4.92. The minimum Gasteiger partial charge on any atom is -0.205 e. The van der Waals surface area contributed by atoms with Gasteiger partial charge in [0, 0.05) is 5.38 Å². The van der Waals surface area contributed by atoms with Crippen molar-refractivity contribution in [3.05, 3.63) is 34.6 Å². The molecule has 0 saturated carbocycles. The molecule has 0 bridgehead atoms. The highest BCUT2D eigenvalue weighted by molar-refractivity contribution is 6.30. The molecule has 1 aromatic carbocycles. The Bertz CT molecular complexity index is 340. The largest absolute Gasteiger partial charge is 0.205 e. The quantitative estimate of drug-likeness (QED) is 0.676. The molecule has 0 aliphatic rings. The zero-order chi connectivity index (χ0) is 12.3. The third-order valence-electron chi connectivity index (χ3n) is 2.90. The second-order valence-corrected chi connectivity index (χ2v) is 5.63. The molecule has 3 heteroatoms. The normalized spacial score (nSPS) is 15.2. The van der Waals surface area contributed by atoms with E-state index in [-0.39, 0.29) is 16.2 Å². The third kappa shape index (κ3) is 3.64. The van der Waals surface area contributed by atoms with Gasteiger partial charge < -0.3 is 0 Å². The first-order valence-electron chi connectivity index (χ1n) is 5.49. The van der Waals surface area contributed by atoms with E-state index in [9.17, 15) is 4.39 Å². The molecule has 0 spiro atoms. The smallest absolute Gasteiger partial charge is 0.142 e. The molecule has 2 atom stereocenters. The molecule has 1 aromatic rings. The SMILES string of the molecule is CC(C)C(Cc1ccc(Cl)c(F)c1)C(C)Cl. The number of rotatable bonds is 4. The second-order valence-electron chi connectivity index (χ2n) is 4.54. The van der Waals surface area contributed by atoms with Gasteiger partial charge in [-0.15, -0.1) is 11.6 Å². The average Bonchev–Trinajstić information content (AvgIpc) is 2.18. The Balaban J connectivity index is 2.81. The molecule has 90 valence electrons. The van der Waals surface area contributed by atoms with Gasteiger partial charge in [-0.05, 0) is 42.9 Å². The van der Waals surface area contributed by atoms with Crippen molar-refractivity contribution in [2.24, 2.45) is 11.8 Å². The number of benzene rings is 1. The van der Waals surface area contributed by atoms with Crippen LogP contribution in [-0.4, -0.2) is 5.38 Å². The molecular weight excluding hydrogens is 246 g/mol. The first-order chi connectivity index (χ1) is 7.41. The van der Waals surface area contributed by atoms with E-state index in [1.54, 1.807) is 6.07 Å². The van der Waals surface area contributed by atoms with Gasteiger partial charge in [-0.25, -0.2) is 4.39 Å². The average molecular weight is 263 g/mol. The van der Waals surface area contributed by atoms with E-state index in [4.69, 9.17) is 23.2 Å². The lowest BCUT2D eigenvalue weighted by atomic mass is 9.87. The van der Waals surface area contributed by atoms with Crippen LogP contribution in [0.4, 0.5) is 4.39 Å². The van der Waals surface area contributed by atoms with E-state index in [0.29, 0.717) is 11.8 Å². The van der Waals surface area contributed by atoms with Crippen LogP contribution in [0, 0.1) is 17.7 Å². The standard InChI is InChI=1S/C13H17Cl2F/c1-8(2)11(9(3)14)6-10-4-5-12(15)13(16)7-10/h4-5,7-9,11H,6H2,1-3H3. The molecular formula is C13H17Cl2F. The summed E-state index contributed by atoms with van der Waals surface area (Å²) in [5.74, 6) is 0.470. The first kappa shape index (κ1) is 13.8. The zero-order valence-corrected chi connectivity index (χ0v) is 11.3. The van der Waals surface area contributed by atoms with E-state index >= 15 is 0 Å². The van der Waals surface area contributed by atoms with Gasteiger partial charge in [0.15, 0.2) is 0 Å². The number of hydrogen-bond acceptors (Lipinski definition) is 0. The minimum absolute atomic E-state index is 0.0822. The molecule has 0 aliphatic heterocycles. The number of hydrogen-bond donors (Lipinski definition) is 0. The lowest BCUT2D eigenvalue weighted by molar-refractivity contribution is 0.376. The minimum atomic E-state index is -0.358. The van der Waals surface area contributed by atoms with Gasteiger partial charge in [0.2, 0.25) is 0 Å². The van der Waals surface area contributed by atoms with Crippen LogP contribution >= 0.6 is 23.2 Å². The van der Waals surface area contributed by atoms with Gasteiger partial charge in [-0.3, -0.25) is 0 Å². The van der Waals surface area contributed by atoms with Crippen molar-refractivity contribution in [2.45, 2.75) is 32.6 Å². The monoisotopic (exact) mass is 262 g/mol. The highest BCUT2D eigenvalue weighted by atomic mass is 35.5. The maximum Gasteiger partial charge on any atom is 0.142 e. The molecule has 0 N–H and O–H groups in total. The van der Waals surface area contributed by atoms with E-state index in [2.05, 4.69) is 13.8 Å². The molecule has 0 saturated heterocycles. The second kappa shape index (κ2) is 5.88. The zero-order valence-electron chi connectivity index (χ0n) is 9.81. The first-order valence-corrected chi connectivity index (χ1v) is 6.31. The van der Waals surface area contributed by atoms with Gasteiger partial charge in [-0.2, -0.15) is 0 Å². The summed E-state index contributed by atoms with van der Waals surface area (Å²) >= 11 is 11.8. The van der Waals surface area contributed by atoms with Crippen molar-refractivity contribution in [1.82, 2.24) is 0 Å².